The quantitative estimate of drug-likeness (QED) is 0.511. The third kappa shape index (κ3) is 2.96. The molecule has 0 spiro atoms. The van der Waals surface area contributed by atoms with Crippen molar-refractivity contribution in [1.82, 2.24) is 0 Å². The van der Waals surface area contributed by atoms with Crippen LogP contribution >= 0.6 is 0 Å². The van der Waals surface area contributed by atoms with E-state index in [9.17, 15) is 14.0 Å². The van der Waals surface area contributed by atoms with E-state index in [2.05, 4.69) is 5.32 Å². The number of benzene rings is 1. The number of anilines is 1. The Morgan fingerprint density at radius 2 is 1.80 bits per heavy atom. The van der Waals surface area contributed by atoms with Crippen LogP contribution in [0.3, 0.4) is 0 Å². The lowest BCUT2D eigenvalue weighted by molar-refractivity contribution is -0.222. The van der Waals surface area contributed by atoms with Gasteiger partial charge in [0.1, 0.15) is 5.82 Å². The maximum atomic E-state index is 13.0. The number of rotatable bonds is 2. The van der Waals surface area contributed by atoms with Crippen molar-refractivity contribution >= 4 is 17.6 Å². The number of hydrogen-bond acceptors (Lipinski definition) is 5. The molecule has 0 bridgehead atoms. The highest BCUT2D eigenvalue weighted by atomic mass is 19.1. The zero-order chi connectivity index (χ0) is 14.9. The van der Waals surface area contributed by atoms with Gasteiger partial charge >= 0.3 is 11.9 Å². The number of nitrogens with one attached hydrogen (secondary N) is 1. The average Bonchev–Trinajstić information content (AvgIpc) is 2.28. The molecule has 1 heterocycles. The molecule has 0 atom stereocenters. The zero-order valence-corrected chi connectivity index (χ0v) is 11.3. The summed E-state index contributed by atoms with van der Waals surface area (Å²) >= 11 is 0. The van der Waals surface area contributed by atoms with Crippen LogP contribution in [0.25, 0.3) is 0 Å². The van der Waals surface area contributed by atoms with Crippen molar-refractivity contribution in [1.29, 1.82) is 0 Å². The molecule has 1 aromatic rings. The van der Waals surface area contributed by atoms with Crippen LogP contribution in [0.4, 0.5) is 10.1 Å². The van der Waals surface area contributed by atoms with E-state index in [-0.39, 0.29) is 11.4 Å². The molecule has 0 aromatic heterocycles. The molecule has 6 heteroatoms. The monoisotopic (exact) mass is 279 g/mol. The normalized spacial score (nSPS) is 17.3. The number of esters is 2. The smallest absolute Gasteiger partial charge is 0.350 e. The summed E-state index contributed by atoms with van der Waals surface area (Å²) in [5.74, 6) is -3.16. The van der Waals surface area contributed by atoms with Crippen LogP contribution in [0, 0.1) is 12.7 Å². The van der Waals surface area contributed by atoms with E-state index in [4.69, 9.17) is 9.47 Å². The number of ether oxygens (including phenoxy) is 2. The van der Waals surface area contributed by atoms with Crippen molar-refractivity contribution in [3.63, 3.8) is 0 Å². The number of carbonyl (C=O) groups excluding carboxylic acids is 2. The Morgan fingerprint density at radius 1 is 1.20 bits per heavy atom. The molecule has 0 radical (unpaired) electrons. The fourth-order valence-electron chi connectivity index (χ4n) is 1.72. The first-order chi connectivity index (χ1) is 9.28. The molecule has 1 aromatic carbocycles. The molecule has 2 rings (SSSR count). The van der Waals surface area contributed by atoms with Crippen LogP contribution in [0.5, 0.6) is 0 Å². The summed E-state index contributed by atoms with van der Waals surface area (Å²) in [5, 5.41) is 2.77. The standard InChI is InChI=1S/C14H14FNO4/c1-8-6-9(15)4-5-11(8)16-7-10-12(17)19-14(2,3)20-13(10)18/h4-7,16H,1-3H3. The Morgan fingerprint density at radius 3 is 2.35 bits per heavy atom. The lowest BCUT2D eigenvalue weighted by Gasteiger charge is -2.29. The predicted octanol–water partition coefficient (Wildman–Crippen LogP) is 2.27. The van der Waals surface area contributed by atoms with Crippen LogP contribution < -0.4 is 5.32 Å². The molecule has 0 aliphatic carbocycles. The second-order valence-electron chi connectivity index (χ2n) is 4.84. The zero-order valence-electron chi connectivity index (χ0n) is 11.3. The molecule has 0 amide bonds. The van der Waals surface area contributed by atoms with E-state index >= 15 is 0 Å². The minimum atomic E-state index is -1.27. The summed E-state index contributed by atoms with van der Waals surface area (Å²) in [7, 11) is 0. The van der Waals surface area contributed by atoms with Crippen molar-refractivity contribution in [3.05, 3.63) is 41.4 Å². The van der Waals surface area contributed by atoms with Crippen LogP contribution in [0.2, 0.25) is 0 Å². The number of cyclic esters (lactones) is 2. The molecule has 1 aliphatic heterocycles. The van der Waals surface area contributed by atoms with Gasteiger partial charge in [0.15, 0.2) is 5.57 Å². The maximum Gasteiger partial charge on any atom is 0.350 e. The summed E-state index contributed by atoms with van der Waals surface area (Å²) in [6, 6.07) is 4.11. The average molecular weight is 279 g/mol. The van der Waals surface area contributed by atoms with Crippen molar-refractivity contribution in [2.24, 2.45) is 0 Å². The lowest BCUT2D eigenvalue weighted by Crippen LogP contribution is -2.42. The Hall–Kier alpha value is -2.37. The summed E-state index contributed by atoms with van der Waals surface area (Å²) < 4.78 is 22.8. The van der Waals surface area contributed by atoms with Gasteiger partial charge in [-0.05, 0) is 30.7 Å². The Bertz CT molecular complexity index is 585. The van der Waals surface area contributed by atoms with Gasteiger partial charge in [-0.2, -0.15) is 0 Å². The van der Waals surface area contributed by atoms with Gasteiger partial charge in [-0.1, -0.05) is 0 Å². The van der Waals surface area contributed by atoms with Gasteiger partial charge in [0.05, 0.1) is 0 Å². The van der Waals surface area contributed by atoms with Crippen LogP contribution in [-0.2, 0) is 19.1 Å². The molecule has 1 fully saturated rings. The van der Waals surface area contributed by atoms with Gasteiger partial charge < -0.3 is 14.8 Å². The molecule has 20 heavy (non-hydrogen) atoms. The van der Waals surface area contributed by atoms with Crippen molar-refractivity contribution in [2.75, 3.05) is 5.32 Å². The van der Waals surface area contributed by atoms with E-state index in [0.717, 1.165) is 0 Å². The van der Waals surface area contributed by atoms with Crippen molar-refractivity contribution < 1.29 is 23.5 Å². The third-order valence-corrected chi connectivity index (χ3v) is 2.68. The summed E-state index contributed by atoms with van der Waals surface area (Å²) in [4.78, 5) is 23.4. The highest BCUT2D eigenvalue weighted by molar-refractivity contribution is 6.15. The summed E-state index contributed by atoms with van der Waals surface area (Å²) in [6.45, 7) is 4.64. The maximum absolute atomic E-state index is 13.0. The van der Waals surface area contributed by atoms with E-state index in [1.54, 1.807) is 6.92 Å². The molecule has 1 saturated heterocycles. The molecule has 1 N–H and O–H groups in total. The van der Waals surface area contributed by atoms with Crippen molar-refractivity contribution in [3.8, 4) is 0 Å². The molecular formula is C14H14FNO4. The minimum absolute atomic E-state index is 0.243. The minimum Gasteiger partial charge on any atom is -0.419 e. The molecule has 1 aliphatic rings. The number of carbonyl (C=O) groups is 2. The second-order valence-corrected chi connectivity index (χ2v) is 4.84. The van der Waals surface area contributed by atoms with Crippen molar-refractivity contribution in [2.45, 2.75) is 26.6 Å². The number of hydrogen-bond donors (Lipinski definition) is 1. The van der Waals surface area contributed by atoms with Gasteiger partial charge in [0.2, 0.25) is 0 Å². The SMILES string of the molecule is Cc1cc(F)ccc1NC=C1C(=O)OC(C)(C)OC1=O. The fourth-order valence-corrected chi connectivity index (χ4v) is 1.72. The van der Waals surface area contributed by atoms with Gasteiger partial charge in [-0.3, -0.25) is 0 Å². The topological polar surface area (TPSA) is 64.6 Å². The van der Waals surface area contributed by atoms with Crippen LogP contribution in [0.1, 0.15) is 19.4 Å². The molecule has 5 nitrogen and oxygen atoms in total. The highest BCUT2D eigenvalue weighted by Crippen LogP contribution is 2.23. The first-order valence-corrected chi connectivity index (χ1v) is 5.98. The Balaban J connectivity index is 2.19. The first-order valence-electron chi connectivity index (χ1n) is 5.98. The van der Waals surface area contributed by atoms with E-state index in [1.165, 1.54) is 38.2 Å². The van der Waals surface area contributed by atoms with Gasteiger partial charge in [-0.25, -0.2) is 14.0 Å². The Labute approximate surface area is 115 Å². The van der Waals surface area contributed by atoms with E-state index in [0.29, 0.717) is 11.3 Å². The summed E-state index contributed by atoms with van der Waals surface area (Å²) in [6.07, 6.45) is 1.19. The fraction of sp³-hybridized carbons (Fsp3) is 0.286. The molecule has 0 saturated carbocycles. The number of halogens is 1. The van der Waals surface area contributed by atoms with Crippen LogP contribution in [0.15, 0.2) is 30.0 Å². The van der Waals surface area contributed by atoms with Gasteiger partial charge in [0, 0.05) is 25.7 Å². The number of aryl methyl sites for hydroxylation is 1. The highest BCUT2D eigenvalue weighted by Gasteiger charge is 2.38. The molecule has 0 unspecified atom stereocenters. The van der Waals surface area contributed by atoms with Crippen LogP contribution in [-0.4, -0.2) is 17.7 Å². The first kappa shape index (κ1) is 14.0. The molecule has 106 valence electrons. The van der Waals surface area contributed by atoms with E-state index < -0.39 is 17.7 Å². The van der Waals surface area contributed by atoms with Gasteiger partial charge in [-0.15, -0.1) is 0 Å². The second kappa shape index (κ2) is 4.96. The molecular weight excluding hydrogens is 265 g/mol. The largest absolute Gasteiger partial charge is 0.419 e. The lowest BCUT2D eigenvalue weighted by atomic mass is 10.2. The predicted molar refractivity (Wildman–Crippen MR) is 69.1 cm³/mol. The third-order valence-electron chi connectivity index (χ3n) is 2.68. The van der Waals surface area contributed by atoms with Gasteiger partial charge in [0.25, 0.3) is 5.79 Å². The van der Waals surface area contributed by atoms with E-state index in [1.807, 2.05) is 0 Å². The summed E-state index contributed by atoms with van der Waals surface area (Å²) in [5.41, 5.74) is 0.970. The Kier molecular flexibility index (Phi) is 3.48.